The van der Waals surface area contributed by atoms with E-state index in [1.165, 1.54) is 32.1 Å². The molecule has 4 heteroatoms. The van der Waals surface area contributed by atoms with Gasteiger partial charge in [0.2, 0.25) is 0 Å². The standard InChI is InChI=1S/C10H21N3O/c11-6-7-13(10(12)14)8-9-4-2-1-3-5-9/h9H,1-8,11H2,(H2,12,14). The maximum atomic E-state index is 11.1. The molecule has 4 N–H and O–H groups in total. The van der Waals surface area contributed by atoms with Gasteiger partial charge in [0.1, 0.15) is 0 Å². The fraction of sp³-hybridized carbons (Fsp3) is 0.900. The fourth-order valence-electron chi connectivity index (χ4n) is 2.13. The highest BCUT2D eigenvalue weighted by Gasteiger charge is 2.18. The lowest BCUT2D eigenvalue weighted by Gasteiger charge is -2.28. The Bertz CT molecular complexity index is 178. The zero-order valence-corrected chi connectivity index (χ0v) is 8.74. The van der Waals surface area contributed by atoms with Crippen LogP contribution in [0.1, 0.15) is 32.1 Å². The number of carbonyl (C=O) groups is 1. The van der Waals surface area contributed by atoms with Crippen molar-refractivity contribution in [2.24, 2.45) is 17.4 Å². The van der Waals surface area contributed by atoms with Gasteiger partial charge in [-0.25, -0.2) is 4.79 Å². The largest absolute Gasteiger partial charge is 0.351 e. The first-order chi connectivity index (χ1) is 6.74. The first-order valence-electron chi connectivity index (χ1n) is 5.48. The Kier molecular flexibility index (Phi) is 4.73. The van der Waals surface area contributed by atoms with Gasteiger partial charge in [0.25, 0.3) is 0 Å². The smallest absolute Gasteiger partial charge is 0.314 e. The summed E-state index contributed by atoms with van der Waals surface area (Å²) in [6.07, 6.45) is 6.38. The zero-order valence-electron chi connectivity index (χ0n) is 8.74. The van der Waals surface area contributed by atoms with Gasteiger partial charge in [-0.3, -0.25) is 0 Å². The van der Waals surface area contributed by atoms with Crippen LogP contribution in [0.5, 0.6) is 0 Å². The van der Waals surface area contributed by atoms with E-state index in [2.05, 4.69) is 0 Å². The van der Waals surface area contributed by atoms with E-state index in [1.54, 1.807) is 4.90 Å². The summed E-state index contributed by atoms with van der Waals surface area (Å²) in [4.78, 5) is 12.7. The predicted octanol–water partition coefficient (Wildman–Crippen LogP) is 0.906. The summed E-state index contributed by atoms with van der Waals surface area (Å²) in [7, 11) is 0. The summed E-state index contributed by atoms with van der Waals surface area (Å²) in [5.74, 6) is 0.641. The molecule has 0 atom stereocenters. The summed E-state index contributed by atoms with van der Waals surface area (Å²) < 4.78 is 0. The topological polar surface area (TPSA) is 72.3 Å². The molecule has 1 aliphatic carbocycles. The van der Waals surface area contributed by atoms with Crippen LogP contribution in [0.3, 0.4) is 0 Å². The SMILES string of the molecule is NCCN(CC1CCCCC1)C(N)=O. The molecule has 0 radical (unpaired) electrons. The lowest BCUT2D eigenvalue weighted by molar-refractivity contribution is 0.188. The van der Waals surface area contributed by atoms with E-state index in [0.29, 0.717) is 19.0 Å². The van der Waals surface area contributed by atoms with Crippen LogP contribution in [0, 0.1) is 5.92 Å². The monoisotopic (exact) mass is 199 g/mol. The Morgan fingerprint density at radius 3 is 2.43 bits per heavy atom. The molecule has 2 amide bonds. The van der Waals surface area contributed by atoms with Crippen molar-refractivity contribution in [3.8, 4) is 0 Å². The highest BCUT2D eigenvalue weighted by atomic mass is 16.2. The molecule has 0 aromatic rings. The molecule has 0 aliphatic heterocycles. The average molecular weight is 199 g/mol. The third-order valence-corrected chi connectivity index (χ3v) is 2.91. The Morgan fingerprint density at radius 1 is 1.29 bits per heavy atom. The number of rotatable bonds is 4. The number of nitrogens with zero attached hydrogens (tertiary/aromatic N) is 1. The minimum atomic E-state index is -0.332. The van der Waals surface area contributed by atoms with Crippen LogP contribution < -0.4 is 11.5 Å². The summed E-state index contributed by atoms with van der Waals surface area (Å²) in [6.45, 7) is 1.88. The molecule has 0 heterocycles. The van der Waals surface area contributed by atoms with E-state index in [-0.39, 0.29) is 6.03 Å². The maximum Gasteiger partial charge on any atom is 0.314 e. The Labute approximate surface area is 85.6 Å². The van der Waals surface area contributed by atoms with Crippen molar-refractivity contribution in [1.29, 1.82) is 0 Å². The molecule has 4 nitrogen and oxygen atoms in total. The van der Waals surface area contributed by atoms with Gasteiger partial charge in [-0.15, -0.1) is 0 Å². The van der Waals surface area contributed by atoms with Crippen molar-refractivity contribution in [2.45, 2.75) is 32.1 Å². The van der Waals surface area contributed by atoms with E-state index in [4.69, 9.17) is 11.5 Å². The number of amides is 2. The summed E-state index contributed by atoms with van der Waals surface area (Å²) in [6, 6.07) is -0.332. The Hall–Kier alpha value is -0.770. The second-order valence-electron chi connectivity index (χ2n) is 4.08. The van der Waals surface area contributed by atoms with Gasteiger partial charge in [-0.05, 0) is 18.8 Å². The number of hydrogen-bond acceptors (Lipinski definition) is 2. The molecule has 0 unspecified atom stereocenters. The molecule has 1 aliphatic rings. The lowest BCUT2D eigenvalue weighted by Crippen LogP contribution is -2.42. The molecule has 0 bridgehead atoms. The van der Waals surface area contributed by atoms with E-state index in [9.17, 15) is 4.79 Å². The van der Waals surface area contributed by atoms with Gasteiger partial charge in [-0.1, -0.05) is 19.3 Å². The number of carbonyl (C=O) groups excluding carboxylic acids is 1. The second-order valence-corrected chi connectivity index (χ2v) is 4.08. The van der Waals surface area contributed by atoms with E-state index >= 15 is 0 Å². The van der Waals surface area contributed by atoms with Crippen LogP contribution in [0.15, 0.2) is 0 Å². The van der Waals surface area contributed by atoms with E-state index < -0.39 is 0 Å². The molecule has 1 fully saturated rings. The molecule has 0 aromatic heterocycles. The number of primary amides is 1. The molecular weight excluding hydrogens is 178 g/mol. The fourth-order valence-corrected chi connectivity index (χ4v) is 2.13. The van der Waals surface area contributed by atoms with Crippen molar-refractivity contribution >= 4 is 6.03 Å². The third kappa shape index (κ3) is 3.54. The minimum Gasteiger partial charge on any atom is -0.351 e. The maximum absolute atomic E-state index is 11.1. The summed E-state index contributed by atoms with van der Waals surface area (Å²) in [5.41, 5.74) is 10.7. The number of hydrogen-bond donors (Lipinski definition) is 2. The van der Waals surface area contributed by atoms with Crippen LogP contribution in [0.25, 0.3) is 0 Å². The molecule has 82 valence electrons. The quantitative estimate of drug-likeness (QED) is 0.706. The molecule has 14 heavy (non-hydrogen) atoms. The van der Waals surface area contributed by atoms with Gasteiger partial charge in [0.15, 0.2) is 0 Å². The van der Waals surface area contributed by atoms with Crippen molar-refractivity contribution in [3.63, 3.8) is 0 Å². The van der Waals surface area contributed by atoms with Crippen LogP contribution >= 0.6 is 0 Å². The van der Waals surface area contributed by atoms with Crippen LogP contribution in [0.4, 0.5) is 4.79 Å². The molecule has 0 saturated heterocycles. The van der Waals surface area contributed by atoms with Gasteiger partial charge in [-0.2, -0.15) is 0 Å². The molecule has 1 saturated carbocycles. The van der Waals surface area contributed by atoms with Gasteiger partial charge in [0.05, 0.1) is 0 Å². The Balaban J connectivity index is 2.33. The predicted molar refractivity (Wildman–Crippen MR) is 56.8 cm³/mol. The normalized spacial score (nSPS) is 18.1. The average Bonchev–Trinajstić information content (AvgIpc) is 2.18. The van der Waals surface area contributed by atoms with Crippen LogP contribution in [0.2, 0.25) is 0 Å². The van der Waals surface area contributed by atoms with Crippen molar-refractivity contribution < 1.29 is 4.79 Å². The van der Waals surface area contributed by atoms with Gasteiger partial charge < -0.3 is 16.4 Å². The summed E-state index contributed by atoms with van der Waals surface area (Å²) in [5, 5.41) is 0. The Morgan fingerprint density at radius 2 is 1.93 bits per heavy atom. The molecule has 1 rings (SSSR count). The van der Waals surface area contributed by atoms with Crippen molar-refractivity contribution in [3.05, 3.63) is 0 Å². The van der Waals surface area contributed by atoms with Gasteiger partial charge >= 0.3 is 6.03 Å². The second kappa shape index (κ2) is 5.86. The number of urea groups is 1. The first kappa shape index (κ1) is 11.3. The van der Waals surface area contributed by atoms with Crippen molar-refractivity contribution in [1.82, 2.24) is 4.90 Å². The minimum absolute atomic E-state index is 0.332. The molecule has 0 spiro atoms. The summed E-state index contributed by atoms with van der Waals surface area (Å²) >= 11 is 0. The van der Waals surface area contributed by atoms with E-state index in [1.807, 2.05) is 0 Å². The third-order valence-electron chi connectivity index (χ3n) is 2.91. The van der Waals surface area contributed by atoms with Crippen molar-refractivity contribution in [2.75, 3.05) is 19.6 Å². The first-order valence-corrected chi connectivity index (χ1v) is 5.48. The van der Waals surface area contributed by atoms with E-state index in [0.717, 1.165) is 6.54 Å². The highest BCUT2D eigenvalue weighted by molar-refractivity contribution is 5.71. The zero-order chi connectivity index (χ0) is 10.4. The van der Waals surface area contributed by atoms with Gasteiger partial charge in [0, 0.05) is 19.6 Å². The lowest BCUT2D eigenvalue weighted by atomic mass is 9.89. The highest BCUT2D eigenvalue weighted by Crippen LogP contribution is 2.24. The van der Waals surface area contributed by atoms with Crippen LogP contribution in [-0.4, -0.2) is 30.6 Å². The molecular formula is C10H21N3O. The number of nitrogens with two attached hydrogens (primary N) is 2. The molecule has 0 aromatic carbocycles. The van der Waals surface area contributed by atoms with Crippen LogP contribution in [-0.2, 0) is 0 Å².